The highest BCUT2D eigenvalue weighted by Crippen LogP contribution is 2.23. The van der Waals surface area contributed by atoms with Crippen molar-refractivity contribution < 1.29 is 0 Å². The average Bonchev–Trinajstić information content (AvgIpc) is 2.40. The molecule has 19 heavy (non-hydrogen) atoms. The van der Waals surface area contributed by atoms with Crippen molar-refractivity contribution in [2.24, 2.45) is 10.9 Å². The van der Waals surface area contributed by atoms with Crippen molar-refractivity contribution in [2.45, 2.75) is 33.6 Å². The monoisotopic (exact) mass is 262 g/mol. The number of hydrogen-bond donors (Lipinski definition) is 2. The predicted molar refractivity (Wildman–Crippen MR) is 81.5 cm³/mol. The van der Waals surface area contributed by atoms with E-state index in [0.29, 0.717) is 11.8 Å². The van der Waals surface area contributed by atoms with E-state index in [-0.39, 0.29) is 0 Å². The van der Waals surface area contributed by atoms with Gasteiger partial charge in [-0.1, -0.05) is 19.9 Å². The zero-order chi connectivity index (χ0) is 14.1. The summed E-state index contributed by atoms with van der Waals surface area (Å²) in [4.78, 5) is 8.88. The standard InChI is InChI=1S/C15H26N4/c1-5-17-15(18-6-2)19-11-14(12(3)4)13-8-7-9-16-10-13/h7-10,12,14H,5-6,11H2,1-4H3,(H2,17,18,19)/t14-/m1/s1. The Morgan fingerprint density at radius 3 is 2.42 bits per heavy atom. The van der Waals surface area contributed by atoms with Gasteiger partial charge in [0.05, 0.1) is 0 Å². The second-order valence-electron chi connectivity index (χ2n) is 4.89. The molecule has 2 N–H and O–H groups in total. The molecule has 106 valence electrons. The number of hydrogen-bond acceptors (Lipinski definition) is 2. The molecule has 0 radical (unpaired) electrons. The number of guanidine groups is 1. The molecule has 0 amide bonds. The fourth-order valence-electron chi connectivity index (χ4n) is 2.00. The lowest BCUT2D eigenvalue weighted by Gasteiger charge is -2.20. The number of nitrogens with zero attached hydrogens (tertiary/aromatic N) is 2. The van der Waals surface area contributed by atoms with Crippen molar-refractivity contribution in [1.29, 1.82) is 0 Å². The molecule has 1 aromatic rings. The quantitative estimate of drug-likeness (QED) is 0.611. The first-order valence-corrected chi connectivity index (χ1v) is 7.11. The Balaban J connectivity index is 2.76. The number of nitrogens with one attached hydrogen (secondary N) is 2. The molecule has 0 saturated carbocycles. The van der Waals surface area contributed by atoms with Gasteiger partial charge in [0.1, 0.15) is 0 Å². The van der Waals surface area contributed by atoms with Crippen molar-refractivity contribution in [3.05, 3.63) is 30.1 Å². The summed E-state index contributed by atoms with van der Waals surface area (Å²) in [6.07, 6.45) is 3.76. The van der Waals surface area contributed by atoms with Crippen molar-refractivity contribution >= 4 is 5.96 Å². The Hall–Kier alpha value is -1.58. The van der Waals surface area contributed by atoms with Gasteiger partial charge in [-0.3, -0.25) is 9.98 Å². The lowest BCUT2D eigenvalue weighted by molar-refractivity contribution is 0.504. The molecule has 0 fully saturated rings. The van der Waals surface area contributed by atoms with Gasteiger partial charge in [-0.2, -0.15) is 0 Å². The highest BCUT2D eigenvalue weighted by molar-refractivity contribution is 5.79. The normalized spacial score (nSPS) is 12.1. The summed E-state index contributed by atoms with van der Waals surface area (Å²) in [5.41, 5.74) is 1.26. The van der Waals surface area contributed by atoms with E-state index in [1.54, 1.807) is 0 Å². The number of rotatable bonds is 6. The van der Waals surface area contributed by atoms with Crippen LogP contribution in [-0.2, 0) is 0 Å². The van der Waals surface area contributed by atoms with E-state index in [1.165, 1.54) is 5.56 Å². The fourth-order valence-corrected chi connectivity index (χ4v) is 2.00. The summed E-state index contributed by atoms with van der Waals surface area (Å²) < 4.78 is 0. The van der Waals surface area contributed by atoms with Crippen LogP contribution in [0.25, 0.3) is 0 Å². The van der Waals surface area contributed by atoms with Crippen molar-refractivity contribution in [3.8, 4) is 0 Å². The molecule has 0 aliphatic carbocycles. The fraction of sp³-hybridized carbons (Fsp3) is 0.600. The van der Waals surface area contributed by atoms with Gasteiger partial charge < -0.3 is 10.6 Å². The highest BCUT2D eigenvalue weighted by Gasteiger charge is 2.15. The van der Waals surface area contributed by atoms with Crippen LogP contribution >= 0.6 is 0 Å². The SMILES string of the molecule is CCNC(=NC[C@@H](c1cccnc1)C(C)C)NCC. The van der Waals surface area contributed by atoms with Crippen LogP contribution in [0.4, 0.5) is 0 Å². The van der Waals surface area contributed by atoms with E-state index < -0.39 is 0 Å². The minimum absolute atomic E-state index is 0.404. The van der Waals surface area contributed by atoms with Gasteiger partial charge in [0.2, 0.25) is 0 Å². The van der Waals surface area contributed by atoms with E-state index in [0.717, 1.165) is 25.6 Å². The highest BCUT2D eigenvalue weighted by atomic mass is 15.2. The molecule has 0 unspecified atom stereocenters. The van der Waals surface area contributed by atoms with Gasteiger partial charge in [-0.25, -0.2) is 0 Å². The summed E-state index contributed by atoms with van der Waals surface area (Å²) in [7, 11) is 0. The van der Waals surface area contributed by atoms with Crippen LogP contribution in [0.1, 0.15) is 39.2 Å². The van der Waals surface area contributed by atoms with Crippen LogP contribution in [-0.4, -0.2) is 30.6 Å². The van der Waals surface area contributed by atoms with Crippen LogP contribution in [0.15, 0.2) is 29.5 Å². The summed E-state index contributed by atoms with van der Waals surface area (Å²) >= 11 is 0. The molecular formula is C15H26N4. The van der Waals surface area contributed by atoms with Crippen molar-refractivity contribution in [2.75, 3.05) is 19.6 Å². The second-order valence-corrected chi connectivity index (χ2v) is 4.89. The molecule has 4 nitrogen and oxygen atoms in total. The average molecular weight is 262 g/mol. The third kappa shape index (κ3) is 5.28. The molecule has 0 aromatic carbocycles. The summed E-state index contributed by atoms with van der Waals surface area (Å²) in [5.74, 6) is 1.83. The number of aliphatic imine (C=N–C) groups is 1. The molecule has 0 spiro atoms. The zero-order valence-corrected chi connectivity index (χ0v) is 12.5. The lowest BCUT2D eigenvalue weighted by atomic mass is 9.89. The Bertz CT molecular complexity index is 365. The predicted octanol–water partition coefficient (Wildman–Crippen LogP) is 2.40. The molecule has 4 heteroatoms. The molecule has 0 bridgehead atoms. The topological polar surface area (TPSA) is 49.3 Å². The minimum atomic E-state index is 0.404. The molecule has 0 aliphatic heterocycles. The second kappa shape index (κ2) is 8.51. The van der Waals surface area contributed by atoms with Crippen LogP contribution in [0, 0.1) is 5.92 Å². The van der Waals surface area contributed by atoms with E-state index in [2.05, 4.69) is 54.4 Å². The van der Waals surface area contributed by atoms with Crippen LogP contribution in [0.5, 0.6) is 0 Å². The third-order valence-electron chi connectivity index (χ3n) is 3.05. The summed E-state index contributed by atoms with van der Waals surface area (Å²) in [6, 6.07) is 4.12. The Kier molecular flexibility index (Phi) is 6.93. The third-order valence-corrected chi connectivity index (χ3v) is 3.05. The van der Waals surface area contributed by atoms with Gasteiger partial charge in [0.15, 0.2) is 5.96 Å². The van der Waals surface area contributed by atoms with E-state index in [9.17, 15) is 0 Å². The molecular weight excluding hydrogens is 236 g/mol. The smallest absolute Gasteiger partial charge is 0.191 e. The van der Waals surface area contributed by atoms with Gasteiger partial charge in [-0.15, -0.1) is 0 Å². The maximum absolute atomic E-state index is 4.67. The van der Waals surface area contributed by atoms with Crippen LogP contribution < -0.4 is 10.6 Å². The zero-order valence-electron chi connectivity index (χ0n) is 12.5. The Labute approximate surface area is 116 Å². The first-order valence-electron chi connectivity index (χ1n) is 7.11. The molecule has 1 heterocycles. The maximum atomic E-state index is 4.67. The van der Waals surface area contributed by atoms with Gasteiger partial charge in [-0.05, 0) is 31.4 Å². The van der Waals surface area contributed by atoms with Crippen LogP contribution in [0.3, 0.4) is 0 Å². The van der Waals surface area contributed by atoms with Gasteiger partial charge >= 0.3 is 0 Å². The van der Waals surface area contributed by atoms with E-state index in [1.807, 2.05) is 18.5 Å². The molecule has 0 aliphatic rings. The molecule has 1 aromatic heterocycles. The molecule has 0 saturated heterocycles. The summed E-state index contributed by atoms with van der Waals surface area (Å²) in [5, 5.41) is 6.51. The van der Waals surface area contributed by atoms with Crippen molar-refractivity contribution in [1.82, 2.24) is 15.6 Å². The van der Waals surface area contributed by atoms with E-state index >= 15 is 0 Å². The Morgan fingerprint density at radius 1 is 1.26 bits per heavy atom. The van der Waals surface area contributed by atoms with Crippen molar-refractivity contribution in [3.63, 3.8) is 0 Å². The molecule has 1 rings (SSSR count). The van der Waals surface area contributed by atoms with Gasteiger partial charge in [0.25, 0.3) is 0 Å². The number of aromatic nitrogens is 1. The molecule has 1 atom stereocenters. The Morgan fingerprint density at radius 2 is 1.95 bits per heavy atom. The maximum Gasteiger partial charge on any atom is 0.191 e. The minimum Gasteiger partial charge on any atom is -0.357 e. The van der Waals surface area contributed by atoms with E-state index in [4.69, 9.17) is 0 Å². The first kappa shape index (κ1) is 15.5. The largest absolute Gasteiger partial charge is 0.357 e. The lowest BCUT2D eigenvalue weighted by Crippen LogP contribution is -2.37. The number of pyridine rings is 1. The summed E-state index contributed by atoms with van der Waals surface area (Å²) in [6.45, 7) is 11.2. The van der Waals surface area contributed by atoms with Crippen LogP contribution in [0.2, 0.25) is 0 Å². The van der Waals surface area contributed by atoms with Gasteiger partial charge in [0, 0.05) is 37.9 Å². The first-order chi connectivity index (χ1) is 9.19.